The van der Waals surface area contributed by atoms with Crippen LogP contribution in [-0.2, 0) is 32.6 Å². The van der Waals surface area contributed by atoms with Crippen LogP contribution in [0.15, 0.2) is 108 Å². The Balaban J connectivity index is 1.58. The molecule has 1 aliphatic rings. The van der Waals surface area contributed by atoms with Gasteiger partial charge >= 0.3 is 0 Å². The number of amides is 2. The number of benzene rings is 4. The molecule has 0 heterocycles. The number of carbonyl (C=O) groups excluding carboxylic acids is 2. The van der Waals surface area contributed by atoms with Crippen molar-refractivity contribution in [2.45, 2.75) is 76.4 Å². The molecule has 0 bridgehead atoms. The third kappa shape index (κ3) is 8.04. The summed E-state index contributed by atoms with van der Waals surface area (Å²) in [5.74, 6) is -0.678. The van der Waals surface area contributed by atoms with Crippen LogP contribution in [0, 0.1) is 20.8 Å². The van der Waals surface area contributed by atoms with Crippen LogP contribution < -0.4 is 9.62 Å². The molecule has 2 amide bonds. The Morgan fingerprint density at radius 1 is 0.783 bits per heavy atom. The van der Waals surface area contributed by atoms with Crippen molar-refractivity contribution in [1.82, 2.24) is 10.2 Å². The molecule has 8 heteroatoms. The smallest absolute Gasteiger partial charge is 0.264 e. The first-order valence-electron chi connectivity index (χ1n) is 16.0. The molecule has 1 saturated carbocycles. The molecule has 0 aliphatic heterocycles. The summed E-state index contributed by atoms with van der Waals surface area (Å²) in [6, 6.07) is 30.6. The lowest BCUT2D eigenvalue weighted by Gasteiger charge is -2.34. The molecule has 5 rings (SSSR count). The van der Waals surface area contributed by atoms with Gasteiger partial charge in [0.05, 0.1) is 10.6 Å². The van der Waals surface area contributed by atoms with Gasteiger partial charge in [0.25, 0.3) is 10.0 Å². The van der Waals surface area contributed by atoms with Crippen molar-refractivity contribution in [2.75, 3.05) is 10.8 Å². The number of rotatable bonds is 12. The molecule has 1 N–H and O–H groups in total. The van der Waals surface area contributed by atoms with E-state index in [1.54, 1.807) is 35.2 Å². The van der Waals surface area contributed by atoms with Crippen molar-refractivity contribution in [2.24, 2.45) is 0 Å². The molecular weight excluding hydrogens is 595 g/mol. The minimum atomic E-state index is -4.15. The van der Waals surface area contributed by atoms with E-state index in [1.165, 1.54) is 4.31 Å². The Morgan fingerprint density at radius 3 is 2.00 bits per heavy atom. The molecule has 1 fully saturated rings. The lowest BCUT2D eigenvalue weighted by molar-refractivity contribution is -0.140. The Labute approximate surface area is 273 Å². The minimum Gasteiger partial charge on any atom is -0.352 e. The van der Waals surface area contributed by atoms with Crippen LogP contribution >= 0.6 is 0 Å². The largest absolute Gasteiger partial charge is 0.352 e. The fourth-order valence-corrected chi connectivity index (χ4v) is 7.51. The maximum atomic E-state index is 14.7. The van der Waals surface area contributed by atoms with Crippen LogP contribution in [0.1, 0.15) is 53.5 Å². The molecule has 0 aromatic heterocycles. The summed E-state index contributed by atoms with van der Waals surface area (Å²) in [5.41, 5.74) is 4.73. The van der Waals surface area contributed by atoms with Gasteiger partial charge in [0.15, 0.2) is 0 Å². The van der Waals surface area contributed by atoms with Gasteiger partial charge < -0.3 is 10.2 Å². The summed E-state index contributed by atoms with van der Waals surface area (Å²) in [4.78, 5) is 30.4. The first-order chi connectivity index (χ1) is 22.1. The second-order valence-corrected chi connectivity index (χ2v) is 14.2. The molecule has 240 valence electrons. The second kappa shape index (κ2) is 14.8. The second-order valence-electron chi connectivity index (χ2n) is 12.3. The predicted octanol–water partition coefficient (Wildman–Crippen LogP) is 6.51. The summed E-state index contributed by atoms with van der Waals surface area (Å²) in [5, 5.41) is 3.22. The highest BCUT2D eigenvalue weighted by Gasteiger charge is 2.36. The molecular formula is C38H43N3O4S. The van der Waals surface area contributed by atoms with Crippen molar-refractivity contribution < 1.29 is 18.0 Å². The molecule has 46 heavy (non-hydrogen) atoms. The van der Waals surface area contributed by atoms with Crippen LogP contribution in [-0.4, -0.2) is 43.8 Å². The first kappa shape index (κ1) is 32.9. The van der Waals surface area contributed by atoms with Crippen molar-refractivity contribution >= 4 is 27.5 Å². The number of sulfonamides is 1. The Bertz CT molecular complexity index is 1740. The number of carbonyl (C=O) groups is 2. The zero-order valence-corrected chi connectivity index (χ0v) is 27.7. The van der Waals surface area contributed by atoms with Crippen molar-refractivity contribution in [3.63, 3.8) is 0 Å². The highest BCUT2D eigenvalue weighted by molar-refractivity contribution is 7.92. The molecule has 1 unspecified atom stereocenters. The van der Waals surface area contributed by atoms with Gasteiger partial charge in [-0.3, -0.25) is 13.9 Å². The van der Waals surface area contributed by atoms with Gasteiger partial charge in [-0.25, -0.2) is 8.42 Å². The highest BCUT2D eigenvalue weighted by Crippen LogP contribution is 2.29. The van der Waals surface area contributed by atoms with Crippen molar-refractivity contribution in [3.05, 3.63) is 131 Å². The minimum absolute atomic E-state index is 0.0628. The van der Waals surface area contributed by atoms with E-state index in [2.05, 4.69) is 5.32 Å². The highest BCUT2D eigenvalue weighted by atomic mass is 32.2. The van der Waals surface area contributed by atoms with E-state index >= 15 is 0 Å². The lowest BCUT2D eigenvalue weighted by Crippen LogP contribution is -2.54. The van der Waals surface area contributed by atoms with E-state index in [1.807, 2.05) is 93.6 Å². The van der Waals surface area contributed by atoms with Crippen molar-refractivity contribution in [3.8, 4) is 0 Å². The normalized spacial score (nSPS) is 14.1. The summed E-state index contributed by atoms with van der Waals surface area (Å²) >= 11 is 0. The predicted molar refractivity (Wildman–Crippen MR) is 183 cm³/mol. The zero-order valence-electron chi connectivity index (χ0n) is 26.9. The molecule has 4 aromatic carbocycles. The molecule has 0 radical (unpaired) electrons. The topological polar surface area (TPSA) is 86.8 Å². The fourth-order valence-electron chi connectivity index (χ4n) is 6.04. The summed E-state index contributed by atoms with van der Waals surface area (Å²) in [6.07, 6.45) is 4.23. The maximum Gasteiger partial charge on any atom is 0.264 e. The van der Waals surface area contributed by atoms with E-state index < -0.39 is 28.5 Å². The monoisotopic (exact) mass is 637 g/mol. The van der Waals surface area contributed by atoms with Crippen LogP contribution in [0.5, 0.6) is 0 Å². The van der Waals surface area contributed by atoms with Gasteiger partial charge in [0, 0.05) is 19.0 Å². The van der Waals surface area contributed by atoms with Crippen LogP contribution in [0.4, 0.5) is 5.69 Å². The number of aryl methyl sites for hydroxylation is 3. The molecule has 0 saturated heterocycles. The van der Waals surface area contributed by atoms with Crippen LogP contribution in [0.25, 0.3) is 0 Å². The summed E-state index contributed by atoms with van der Waals surface area (Å²) in [7, 11) is -4.15. The molecule has 4 aromatic rings. The SMILES string of the molecule is Cc1ccc(S(=O)(=O)N(CC(=O)N(Cc2ccccc2)C(Cc2ccccc2)C(=O)NC2CCCC2)c2cc(C)ccc2C)cc1. The number of hydrogen-bond acceptors (Lipinski definition) is 4. The van der Waals surface area contributed by atoms with Gasteiger partial charge in [-0.05, 0) is 74.1 Å². The van der Waals surface area contributed by atoms with E-state index in [-0.39, 0.29) is 23.4 Å². The average Bonchev–Trinajstić information content (AvgIpc) is 3.57. The average molecular weight is 638 g/mol. The van der Waals surface area contributed by atoms with Gasteiger partial charge in [0.1, 0.15) is 12.6 Å². The van der Waals surface area contributed by atoms with Crippen molar-refractivity contribution in [1.29, 1.82) is 0 Å². The van der Waals surface area contributed by atoms with E-state index in [9.17, 15) is 18.0 Å². The lowest BCUT2D eigenvalue weighted by atomic mass is 10.0. The third-order valence-corrected chi connectivity index (χ3v) is 10.5. The van der Waals surface area contributed by atoms with E-state index in [0.717, 1.165) is 53.5 Å². The quantitative estimate of drug-likeness (QED) is 0.192. The van der Waals surface area contributed by atoms with Gasteiger partial charge in [-0.2, -0.15) is 0 Å². The standard InChI is InChI=1S/C38H43N3O4S/c1-28-19-22-34(23-20-28)46(44,45)41(35-24-29(2)18-21-30(35)3)27-37(42)40(26-32-14-8-5-9-15-32)36(25-31-12-6-4-7-13-31)38(43)39-33-16-10-11-17-33/h4-9,12-15,18-24,33,36H,10-11,16-17,25-27H2,1-3H3,(H,39,43). The maximum absolute atomic E-state index is 14.7. The van der Waals surface area contributed by atoms with Crippen LogP contribution in [0.2, 0.25) is 0 Å². The number of anilines is 1. The van der Waals surface area contributed by atoms with Gasteiger partial charge in [-0.1, -0.05) is 103 Å². The molecule has 7 nitrogen and oxygen atoms in total. The van der Waals surface area contributed by atoms with Crippen LogP contribution in [0.3, 0.4) is 0 Å². The number of hydrogen-bond donors (Lipinski definition) is 1. The van der Waals surface area contributed by atoms with Gasteiger partial charge in [0.2, 0.25) is 11.8 Å². The molecule has 0 spiro atoms. The third-order valence-electron chi connectivity index (χ3n) is 8.69. The first-order valence-corrected chi connectivity index (χ1v) is 17.4. The number of nitrogens with one attached hydrogen (secondary N) is 1. The van der Waals surface area contributed by atoms with E-state index in [0.29, 0.717) is 12.1 Å². The fraction of sp³-hybridized carbons (Fsp3) is 0.316. The van der Waals surface area contributed by atoms with E-state index in [4.69, 9.17) is 0 Å². The molecule has 1 atom stereocenters. The molecule has 1 aliphatic carbocycles. The Kier molecular flexibility index (Phi) is 10.6. The zero-order chi connectivity index (χ0) is 32.7. The summed E-state index contributed by atoms with van der Waals surface area (Å²) < 4.78 is 29.9. The van der Waals surface area contributed by atoms with Gasteiger partial charge in [-0.15, -0.1) is 0 Å². The Morgan fingerprint density at radius 2 is 1.37 bits per heavy atom. The number of nitrogens with zero attached hydrogens (tertiary/aromatic N) is 2. The summed E-state index contributed by atoms with van der Waals surface area (Å²) in [6.45, 7) is 5.32. The Hall–Kier alpha value is -4.43.